The fourth-order valence-electron chi connectivity index (χ4n) is 1.25. The molecule has 0 fully saturated rings. The molecule has 0 aliphatic heterocycles. The van der Waals surface area contributed by atoms with E-state index in [1.54, 1.807) is 6.92 Å². The largest absolute Gasteiger partial charge is 0.462 e. The molecule has 0 rings (SSSR count). The Kier molecular flexibility index (Phi) is 10.9. The summed E-state index contributed by atoms with van der Waals surface area (Å²) in [5.74, 6) is -1.80. The quantitative estimate of drug-likeness (QED) is 0.254. The maximum atomic E-state index is 11.4. The average molecular weight is 329 g/mol. The second-order valence-electron chi connectivity index (χ2n) is 4.56. The zero-order valence-electron chi connectivity index (χ0n) is 13.5. The summed E-state index contributed by atoms with van der Waals surface area (Å²) in [6.45, 7) is 6.75. The normalized spacial score (nSPS) is 9.65. The van der Waals surface area contributed by atoms with E-state index in [1.807, 2.05) is 0 Å². The van der Waals surface area contributed by atoms with Gasteiger partial charge in [0.05, 0.1) is 13.0 Å². The SMILES string of the molecule is C=C(C)C(=O)OCCNC(=O)CCC(=O)OCCOC(=O)CC. The fourth-order valence-corrected chi connectivity index (χ4v) is 1.25. The molecule has 8 nitrogen and oxygen atoms in total. The van der Waals surface area contributed by atoms with Crippen LogP contribution in [0.2, 0.25) is 0 Å². The summed E-state index contributed by atoms with van der Waals surface area (Å²) in [5, 5.41) is 2.50. The van der Waals surface area contributed by atoms with Gasteiger partial charge in [0.2, 0.25) is 5.91 Å². The summed E-state index contributed by atoms with van der Waals surface area (Å²) in [6, 6.07) is 0. The number of ether oxygens (including phenoxy) is 3. The van der Waals surface area contributed by atoms with Gasteiger partial charge in [0.1, 0.15) is 19.8 Å². The number of esters is 3. The van der Waals surface area contributed by atoms with Crippen molar-refractivity contribution in [2.75, 3.05) is 26.4 Å². The molecule has 130 valence electrons. The van der Waals surface area contributed by atoms with E-state index in [2.05, 4.69) is 11.9 Å². The second kappa shape index (κ2) is 12.2. The van der Waals surface area contributed by atoms with Crippen LogP contribution in [0.1, 0.15) is 33.1 Å². The summed E-state index contributed by atoms with van der Waals surface area (Å²) in [6.07, 6.45) is 0.136. The van der Waals surface area contributed by atoms with Gasteiger partial charge in [-0.05, 0) is 6.92 Å². The molecule has 0 saturated heterocycles. The Hall–Kier alpha value is -2.38. The monoisotopic (exact) mass is 329 g/mol. The van der Waals surface area contributed by atoms with Crippen molar-refractivity contribution in [3.63, 3.8) is 0 Å². The summed E-state index contributed by atoms with van der Waals surface area (Å²) >= 11 is 0. The zero-order chi connectivity index (χ0) is 17.7. The van der Waals surface area contributed by atoms with Crippen molar-refractivity contribution in [2.45, 2.75) is 33.1 Å². The first-order valence-corrected chi connectivity index (χ1v) is 7.27. The van der Waals surface area contributed by atoms with Gasteiger partial charge in [-0.25, -0.2) is 4.79 Å². The third-order valence-electron chi connectivity index (χ3n) is 2.46. The molecule has 0 atom stereocenters. The number of carbonyl (C=O) groups excluding carboxylic acids is 4. The van der Waals surface area contributed by atoms with Crippen LogP contribution < -0.4 is 5.32 Å². The summed E-state index contributed by atoms with van der Waals surface area (Å²) in [4.78, 5) is 44.7. The van der Waals surface area contributed by atoms with E-state index in [-0.39, 0.29) is 63.1 Å². The maximum Gasteiger partial charge on any atom is 0.333 e. The number of rotatable bonds is 11. The molecule has 1 N–H and O–H groups in total. The predicted molar refractivity (Wildman–Crippen MR) is 80.2 cm³/mol. The summed E-state index contributed by atoms with van der Waals surface area (Å²) in [7, 11) is 0. The molecule has 23 heavy (non-hydrogen) atoms. The van der Waals surface area contributed by atoms with E-state index in [0.717, 1.165) is 0 Å². The first kappa shape index (κ1) is 20.6. The van der Waals surface area contributed by atoms with E-state index in [0.29, 0.717) is 0 Å². The molecule has 0 unspecified atom stereocenters. The van der Waals surface area contributed by atoms with Crippen molar-refractivity contribution in [3.8, 4) is 0 Å². The van der Waals surface area contributed by atoms with Crippen molar-refractivity contribution >= 4 is 23.8 Å². The Balaban J connectivity index is 3.61. The topological polar surface area (TPSA) is 108 Å². The van der Waals surface area contributed by atoms with Gasteiger partial charge in [-0.15, -0.1) is 0 Å². The lowest BCUT2D eigenvalue weighted by Gasteiger charge is -2.07. The Bertz CT molecular complexity index is 445. The lowest BCUT2D eigenvalue weighted by atomic mass is 10.3. The Labute approximate surface area is 135 Å². The number of carbonyl (C=O) groups is 4. The minimum absolute atomic E-state index is 0.00129. The number of nitrogens with one attached hydrogen (secondary N) is 1. The minimum Gasteiger partial charge on any atom is -0.462 e. The standard InChI is InChI=1S/C15H23NO7/c1-4-13(18)21-9-10-22-14(19)6-5-12(17)16-7-8-23-15(20)11(2)3/h2,4-10H2,1,3H3,(H,16,17). The lowest BCUT2D eigenvalue weighted by Crippen LogP contribution is -2.28. The fraction of sp³-hybridized carbons (Fsp3) is 0.600. The first-order valence-electron chi connectivity index (χ1n) is 7.27. The highest BCUT2D eigenvalue weighted by Crippen LogP contribution is 1.95. The third kappa shape index (κ3) is 11.9. The summed E-state index contributed by atoms with van der Waals surface area (Å²) in [5.41, 5.74) is 0.281. The molecule has 8 heteroatoms. The van der Waals surface area contributed by atoms with Crippen LogP contribution in [0.3, 0.4) is 0 Å². The van der Waals surface area contributed by atoms with Crippen molar-refractivity contribution in [3.05, 3.63) is 12.2 Å². The number of amides is 1. The Morgan fingerprint density at radius 3 is 2.09 bits per heavy atom. The minimum atomic E-state index is -0.554. The van der Waals surface area contributed by atoms with Gasteiger partial charge >= 0.3 is 17.9 Å². The van der Waals surface area contributed by atoms with Crippen LogP contribution in [-0.4, -0.2) is 50.2 Å². The highest BCUT2D eigenvalue weighted by atomic mass is 16.6. The molecule has 0 aromatic heterocycles. The highest BCUT2D eigenvalue weighted by molar-refractivity contribution is 5.87. The van der Waals surface area contributed by atoms with Crippen molar-refractivity contribution < 1.29 is 33.4 Å². The Morgan fingerprint density at radius 1 is 0.913 bits per heavy atom. The molecule has 0 saturated carbocycles. The van der Waals surface area contributed by atoms with E-state index >= 15 is 0 Å². The zero-order valence-corrected chi connectivity index (χ0v) is 13.5. The van der Waals surface area contributed by atoms with E-state index in [9.17, 15) is 19.2 Å². The van der Waals surface area contributed by atoms with Crippen LogP contribution in [0, 0.1) is 0 Å². The molecule has 0 heterocycles. The van der Waals surface area contributed by atoms with Gasteiger partial charge in [-0.3, -0.25) is 14.4 Å². The van der Waals surface area contributed by atoms with Gasteiger partial charge < -0.3 is 19.5 Å². The molecule has 0 bridgehead atoms. The summed E-state index contributed by atoms with van der Waals surface area (Å²) < 4.78 is 14.3. The number of hydrogen-bond acceptors (Lipinski definition) is 7. The van der Waals surface area contributed by atoms with Crippen molar-refractivity contribution in [2.24, 2.45) is 0 Å². The van der Waals surface area contributed by atoms with Crippen LogP contribution >= 0.6 is 0 Å². The first-order chi connectivity index (χ1) is 10.9. The molecule has 0 aliphatic carbocycles. The van der Waals surface area contributed by atoms with Gasteiger partial charge in [-0.1, -0.05) is 13.5 Å². The molecule has 0 aromatic carbocycles. The molecule has 0 aromatic rings. The second-order valence-corrected chi connectivity index (χ2v) is 4.56. The molecule has 0 spiro atoms. The van der Waals surface area contributed by atoms with Gasteiger partial charge in [0.15, 0.2) is 0 Å². The van der Waals surface area contributed by atoms with E-state index < -0.39 is 11.9 Å². The molecule has 1 amide bonds. The van der Waals surface area contributed by atoms with Crippen molar-refractivity contribution in [1.82, 2.24) is 5.32 Å². The third-order valence-corrected chi connectivity index (χ3v) is 2.46. The van der Waals surface area contributed by atoms with E-state index in [4.69, 9.17) is 14.2 Å². The van der Waals surface area contributed by atoms with Crippen LogP contribution in [0.25, 0.3) is 0 Å². The maximum absolute atomic E-state index is 11.4. The molecular formula is C15H23NO7. The van der Waals surface area contributed by atoms with Crippen LogP contribution in [-0.2, 0) is 33.4 Å². The highest BCUT2D eigenvalue weighted by Gasteiger charge is 2.09. The van der Waals surface area contributed by atoms with Gasteiger partial charge in [-0.2, -0.15) is 0 Å². The number of hydrogen-bond donors (Lipinski definition) is 1. The predicted octanol–water partition coefficient (Wildman–Crippen LogP) is 0.499. The molecule has 0 radical (unpaired) electrons. The van der Waals surface area contributed by atoms with Crippen LogP contribution in [0.5, 0.6) is 0 Å². The van der Waals surface area contributed by atoms with Gasteiger partial charge in [0, 0.05) is 18.4 Å². The van der Waals surface area contributed by atoms with Crippen molar-refractivity contribution in [1.29, 1.82) is 0 Å². The molecule has 0 aliphatic rings. The van der Waals surface area contributed by atoms with Crippen LogP contribution in [0.15, 0.2) is 12.2 Å². The van der Waals surface area contributed by atoms with E-state index in [1.165, 1.54) is 6.92 Å². The van der Waals surface area contributed by atoms with Gasteiger partial charge in [0.25, 0.3) is 0 Å². The smallest absolute Gasteiger partial charge is 0.333 e. The molecular weight excluding hydrogens is 306 g/mol. The van der Waals surface area contributed by atoms with Crippen LogP contribution in [0.4, 0.5) is 0 Å². The lowest BCUT2D eigenvalue weighted by molar-refractivity contribution is -0.152. The Morgan fingerprint density at radius 2 is 1.52 bits per heavy atom. The average Bonchev–Trinajstić information content (AvgIpc) is 2.52.